The standard InChI is InChI=1S/C27H23N5O3/c1-35-26(33)21-13-8-14-22(15-21)32-25-23(30-27(32)34)24(28-18-29-25)31(16-19-9-4-2-5-10-19)17-20-11-6-3-7-12-20/h2-15,18H,16-17H2,1H3,(H,30,34). The van der Waals surface area contributed by atoms with Crippen LogP contribution in [0.25, 0.3) is 16.9 Å². The van der Waals surface area contributed by atoms with Gasteiger partial charge in [-0.25, -0.2) is 24.1 Å². The third kappa shape index (κ3) is 4.54. The smallest absolute Gasteiger partial charge is 0.337 e. The Balaban J connectivity index is 1.62. The molecule has 8 nitrogen and oxygen atoms in total. The molecule has 2 aromatic heterocycles. The lowest BCUT2D eigenvalue weighted by Crippen LogP contribution is -2.23. The number of nitrogens with one attached hydrogen (secondary N) is 1. The number of hydrogen-bond acceptors (Lipinski definition) is 6. The maximum Gasteiger partial charge on any atom is 0.337 e. The Labute approximate surface area is 201 Å². The summed E-state index contributed by atoms with van der Waals surface area (Å²) in [6, 6.07) is 26.9. The number of benzene rings is 3. The number of H-pyrrole nitrogens is 1. The number of aromatic nitrogens is 4. The molecule has 0 amide bonds. The number of esters is 1. The zero-order valence-corrected chi connectivity index (χ0v) is 19.1. The topological polar surface area (TPSA) is 93.1 Å². The maximum absolute atomic E-state index is 13.1. The highest BCUT2D eigenvalue weighted by atomic mass is 16.5. The summed E-state index contributed by atoms with van der Waals surface area (Å²) in [5.41, 5.74) is 3.65. The summed E-state index contributed by atoms with van der Waals surface area (Å²) in [4.78, 5) is 39.1. The van der Waals surface area contributed by atoms with E-state index >= 15 is 0 Å². The van der Waals surface area contributed by atoms with Crippen molar-refractivity contribution in [3.63, 3.8) is 0 Å². The minimum absolute atomic E-state index is 0.343. The molecular weight excluding hydrogens is 442 g/mol. The Bertz CT molecular complexity index is 1490. The van der Waals surface area contributed by atoms with E-state index in [4.69, 9.17) is 4.74 Å². The largest absolute Gasteiger partial charge is 0.465 e. The Morgan fingerprint density at radius 2 is 1.57 bits per heavy atom. The van der Waals surface area contributed by atoms with Crippen LogP contribution >= 0.6 is 0 Å². The number of carbonyl (C=O) groups excluding carboxylic acids is 1. The van der Waals surface area contributed by atoms with Crippen molar-refractivity contribution in [3.05, 3.63) is 118 Å². The van der Waals surface area contributed by atoms with Crippen LogP contribution in [-0.4, -0.2) is 32.6 Å². The van der Waals surface area contributed by atoms with Gasteiger partial charge in [-0.05, 0) is 29.3 Å². The Hall–Kier alpha value is -4.72. The van der Waals surface area contributed by atoms with Gasteiger partial charge < -0.3 is 14.6 Å². The number of fused-ring (bicyclic) bond motifs is 1. The summed E-state index contributed by atoms with van der Waals surface area (Å²) in [5.74, 6) is 0.134. The van der Waals surface area contributed by atoms with Gasteiger partial charge in [-0.2, -0.15) is 0 Å². The Morgan fingerprint density at radius 1 is 0.914 bits per heavy atom. The predicted octanol–water partition coefficient (Wildman–Crippen LogP) is 4.10. The van der Waals surface area contributed by atoms with Gasteiger partial charge in [-0.15, -0.1) is 0 Å². The summed E-state index contributed by atoms with van der Waals surface area (Å²) in [6.45, 7) is 1.18. The van der Waals surface area contributed by atoms with Crippen LogP contribution in [0.5, 0.6) is 0 Å². The van der Waals surface area contributed by atoms with Gasteiger partial charge >= 0.3 is 11.7 Å². The van der Waals surface area contributed by atoms with E-state index in [1.54, 1.807) is 24.3 Å². The molecule has 2 heterocycles. The first-order valence-electron chi connectivity index (χ1n) is 11.1. The fourth-order valence-corrected chi connectivity index (χ4v) is 4.09. The van der Waals surface area contributed by atoms with E-state index < -0.39 is 5.97 Å². The fraction of sp³-hybridized carbons (Fsp3) is 0.111. The predicted molar refractivity (Wildman–Crippen MR) is 134 cm³/mol. The molecule has 0 saturated heterocycles. The molecule has 3 aromatic carbocycles. The van der Waals surface area contributed by atoms with Gasteiger partial charge in [0.2, 0.25) is 0 Å². The molecule has 0 unspecified atom stereocenters. The summed E-state index contributed by atoms with van der Waals surface area (Å²) in [7, 11) is 1.32. The van der Waals surface area contributed by atoms with Crippen molar-refractivity contribution in [2.24, 2.45) is 0 Å². The maximum atomic E-state index is 13.1. The number of carbonyl (C=O) groups is 1. The molecule has 8 heteroatoms. The van der Waals surface area contributed by atoms with E-state index in [1.165, 1.54) is 18.0 Å². The minimum Gasteiger partial charge on any atom is -0.465 e. The van der Waals surface area contributed by atoms with Crippen LogP contribution in [0.4, 0.5) is 5.82 Å². The summed E-state index contributed by atoms with van der Waals surface area (Å²) in [6.07, 6.45) is 1.45. The fourth-order valence-electron chi connectivity index (χ4n) is 4.09. The molecule has 0 aliphatic rings. The van der Waals surface area contributed by atoms with Gasteiger partial charge in [-0.3, -0.25) is 0 Å². The van der Waals surface area contributed by atoms with Crippen LogP contribution in [0.1, 0.15) is 21.5 Å². The van der Waals surface area contributed by atoms with Crippen molar-refractivity contribution in [3.8, 4) is 5.69 Å². The molecule has 0 bridgehead atoms. The molecule has 0 saturated carbocycles. The second kappa shape index (κ2) is 9.64. The number of hydrogen-bond donors (Lipinski definition) is 1. The molecule has 0 aliphatic heterocycles. The molecular formula is C27H23N5O3. The van der Waals surface area contributed by atoms with Crippen LogP contribution in [0, 0.1) is 0 Å². The highest BCUT2D eigenvalue weighted by Gasteiger charge is 2.20. The van der Waals surface area contributed by atoms with Crippen molar-refractivity contribution in [2.75, 3.05) is 12.0 Å². The van der Waals surface area contributed by atoms with Crippen molar-refractivity contribution < 1.29 is 9.53 Å². The molecule has 35 heavy (non-hydrogen) atoms. The van der Waals surface area contributed by atoms with E-state index in [-0.39, 0.29) is 5.69 Å². The Kier molecular flexibility index (Phi) is 6.09. The van der Waals surface area contributed by atoms with Crippen molar-refractivity contribution in [1.82, 2.24) is 19.5 Å². The normalized spacial score (nSPS) is 10.9. The zero-order valence-electron chi connectivity index (χ0n) is 19.1. The van der Waals surface area contributed by atoms with E-state index in [0.29, 0.717) is 41.3 Å². The summed E-state index contributed by atoms with van der Waals surface area (Å²) in [5, 5.41) is 0. The van der Waals surface area contributed by atoms with Crippen molar-refractivity contribution in [1.29, 1.82) is 0 Å². The number of imidazole rings is 1. The lowest BCUT2D eigenvalue weighted by atomic mass is 10.1. The minimum atomic E-state index is -0.480. The quantitative estimate of drug-likeness (QED) is 0.364. The second-order valence-corrected chi connectivity index (χ2v) is 8.03. The molecule has 1 N–H and O–H groups in total. The van der Waals surface area contributed by atoms with Crippen LogP contribution in [0.15, 0.2) is 96.1 Å². The average Bonchev–Trinajstić information content (AvgIpc) is 3.25. The molecule has 0 aliphatic carbocycles. The highest BCUT2D eigenvalue weighted by Crippen LogP contribution is 2.25. The molecule has 174 valence electrons. The zero-order chi connectivity index (χ0) is 24.2. The van der Waals surface area contributed by atoms with Gasteiger partial charge in [0.05, 0.1) is 18.4 Å². The van der Waals surface area contributed by atoms with Crippen LogP contribution in [-0.2, 0) is 17.8 Å². The van der Waals surface area contributed by atoms with Crippen molar-refractivity contribution >= 4 is 23.0 Å². The van der Waals surface area contributed by atoms with Gasteiger partial charge in [0.1, 0.15) is 11.8 Å². The second-order valence-electron chi connectivity index (χ2n) is 8.03. The van der Waals surface area contributed by atoms with Gasteiger partial charge in [-0.1, -0.05) is 66.7 Å². The van der Waals surface area contributed by atoms with E-state index in [2.05, 4.69) is 44.1 Å². The van der Waals surface area contributed by atoms with Crippen LogP contribution in [0.3, 0.4) is 0 Å². The van der Waals surface area contributed by atoms with Crippen LogP contribution in [0.2, 0.25) is 0 Å². The molecule has 0 radical (unpaired) electrons. The number of aromatic amines is 1. The number of nitrogens with zero attached hydrogens (tertiary/aromatic N) is 4. The summed E-state index contributed by atoms with van der Waals surface area (Å²) >= 11 is 0. The van der Waals surface area contributed by atoms with Gasteiger partial charge in [0.25, 0.3) is 0 Å². The summed E-state index contributed by atoms with van der Waals surface area (Å²) < 4.78 is 6.26. The average molecular weight is 466 g/mol. The third-order valence-corrected chi connectivity index (χ3v) is 5.71. The van der Waals surface area contributed by atoms with E-state index in [1.807, 2.05) is 36.4 Å². The highest BCUT2D eigenvalue weighted by molar-refractivity contribution is 5.90. The lowest BCUT2D eigenvalue weighted by Gasteiger charge is -2.24. The van der Waals surface area contributed by atoms with Crippen LogP contribution < -0.4 is 10.6 Å². The monoisotopic (exact) mass is 465 g/mol. The molecule has 0 fully saturated rings. The first-order valence-corrected chi connectivity index (χ1v) is 11.1. The first-order chi connectivity index (χ1) is 17.1. The number of anilines is 1. The van der Waals surface area contributed by atoms with Gasteiger partial charge in [0.15, 0.2) is 11.5 Å². The van der Waals surface area contributed by atoms with Crippen molar-refractivity contribution in [2.45, 2.75) is 13.1 Å². The SMILES string of the molecule is COC(=O)c1cccc(-n2c(=O)[nH]c3c(N(Cc4ccccc4)Cc4ccccc4)ncnc32)c1. The van der Waals surface area contributed by atoms with E-state index in [9.17, 15) is 9.59 Å². The molecule has 5 aromatic rings. The number of methoxy groups -OCH3 is 1. The third-order valence-electron chi connectivity index (χ3n) is 5.71. The van der Waals surface area contributed by atoms with Gasteiger partial charge in [0, 0.05) is 13.1 Å². The Morgan fingerprint density at radius 3 is 2.20 bits per heavy atom. The molecule has 0 atom stereocenters. The lowest BCUT2D eigenvalue weighted by molar-refractivity contribution is 0.0600. The first kappa shape index (κ1) is 22.1. The number of rotatable bonds is 7. The number of ether oxygens (including phenoxy) is 1. The van der Waals surface area contributed by atoms with E-state index in [0.717, 1.165) is 11.1 Å². The molecule has 5 rings (SSSR count). The molecule has 0 spiro atoms.